The van der Waals surface area contributed by atoms with Crippen LogP contribution in [0.5, 0.6) is 0 Å². The maximum absolute atomic E-state index is 11.6. The summed E-state index contributed by atoms with van der Waals surface area (Å²) < 4.78 is 10.8. The van der Waals surface area contributed by atoms with Gasteiger partial charge in [-0.05, 0) is 19.1 Å². The highest BCUT2D eigenvalue weighted by molar-refractivity contribution is 7.84. The molecular weight excluding hydrogens is 238 g/mol. The molecule has 1 unspecified atom stereocenters. The number of pyridine rings is 1. The first-order valence-corrected chi connectivity index (χ1v) is 7.14. The standard InChI is InChI=1S/C11H17N3O2S/c1-3-12-10-5-4-9(8-14-10)11(15)13-6-7-17(2)16/h4-5,8H,3,6-7H2,1-2H3,(H,12,14)(H,13,15). The van der Waals surface area contributed by atoms with Crippen LogP contribution in [-0.2, 0) is 10.8 Å². The third kappa shape index (κ3) is 4.95. The molecule has 2 N–H and O–H groups in total. The largest absolute Gasteiger partial charge is 0.370 e. The summed E-state index contributed by atoms with van der Waals surface area (Å²) in [6.45, 7) is 3.19. The van der Waals surface area contributed by atoms with Crippen LogP contribution in [0.25, 0.3) is 0 Å². The Balaban J connectivity index is 2.48. The fraction of sp³-hybridized carbons (Fsp3) is 0.455. The van der Waals surface area contributed by atoms with E-state index >= 15 is 0 Å². The Bertz CT molecular complexity index is 392. The second-order valence-electron chi connectivity index (χ2n) is 3.50. The molecular formula is C11H17N3O2S. The van der Waals surface area contributed by atoms with Crippen molar-refractivity contribution in [2.45, 2.75) is 6.92 Å². The smallest absolute Gasteiger partial charge is 0.252 e. The minimum Gasteiger partial charge on any atom is -0.370 e. The van der Waals surface area contributed by atoms with Gasteiger partial charge < -0.3 is 10.6 Å². The van der Waals surface area contributed by atoms with E-state index in [1.807, 2.05) is 6.92 Å². The van der Waals surface area contributed by atoms with E-state index in [0.29, 0.717) is 17.9 Å². The molecule has 0 aromatic carbocycles. The van der Waals surface area contributed by atoms with Crippen molar-refractivity contribution in [1.29, 1.82) is 0 Å². The summed E-state index contributed by atoms with van der Waals surface area (Å²) in [4.78, 5) is 15.7. The molecule has 0 saturated heterocycles. The molecule has 94 valence electrons. The van der Waals surface area contributed by atoms with Gasteiger partial charge in [0.1, 0.15) is 5.82 Å². The molecule has 0 fully saturated rings. The van der Waals surface area contributed by atoms with Crippen LogP contribution in [0.15, 0.2) is 18.3 Å². The van der Waals surface area contributed by atoms with E-state index in [1.54, 1.807) is 18.4 Å². The van der Waals surface area contributed by atoms with Gasteiger partial charge in [0.15, 0.2) is 0 Å². The van der Waals surface area contributed by atoms with Gasteiger partial charge in [-0.15, -0.1) is 0 Å². The number of carbonyl (C=O) groups is 1. The molecule has 1 aromatic rings. The Morgan fingerprint density at radius 3 is 2.76 bits per heavy atom. The quantitative estimate of drug-likeness (QED) is 0.782. The van der Waals surface area contributed by atoms with Gasteiger partial charge in [-0.3, -0.25) is 9.00 Å². The summed E-state index contributed by atoms with van der Waals surface area (Å²) in [5, 5.41) is 5.74. The lowest BCUT2D eigenvalue weighted by Crippen LogP contribution is -2.27. The van der Waals surface area contributed by atoms with E-state index in [1.165, 1.54) is 6.20 Å². The third-order valence-electron chi connectivity index (χ3n) is 2.06. The molecule has 1 heterocycles. The molecule has 6 heteroatoms. The molecule has 1 atom stereocenters. The van der Waals surface area contributed by atoms with Crippen LogP contribution in [0.3, 0.4) is 0 Å². The Labute approximate surface area is 103 Å². The lowest BCUT2D eigenvalue weighted by Gasteiger charge is -2.05. The van der Waals surface area contributed by atoms with Gasteiger partial charge in [0, 0.05) is 42.1 Å². The van der Waals surface area contributed by atoms with E-state index in [2.05, 4.69) is 15.6 Å². The number of anilines is 1. The van der Waals surface area contributed by atoms with E-state index in [4.69, 9.17) is 0 Å². The van der Waals surface area contributed by atoms with Crippen molar-refractivity contribution >= 4 is 22.5 Å². The van der Waals surface area contributed by atoms with Gasteiger partial charge >= 0.3 is 0 Å². The van der Waals surface area contributed by atoms with Crippen molar-refractivity contribution in [2.24, 2.45) is 0 Å². The minimum absolute atomic E-state index is 0.189. The lowest BCUT2D eigenvalue weighted by molar-refractivity contribution is 0.0956. The maximum atomic E-state index is 11.6. The Hall–Kier alpha value is -1.43. The van der Waals surface area contributed by atoms with Crippen LogP contribution >= 0.6 is 0 Å². The molecule has 1 aromatic heterocycles. The predicted molar refractivity (Wildman–Crippen MR) is 69.7 cm³/mol. The highest BCUT2D eigenvalue weighted by atomic mass is 32.2. The van der Waals surface area contributed by atoms with E-state index < -0.39 is 10.8 Å². The lowest BCUT2D eigenvalue weighted by atomic mass is 10.2. The van der Waals surface area contributed by atoms with Gasteiger partial charge in [-0.25, -0.2) is 4.98 Å². The Morgan fingerprint density at radius 1 is 1.47 bits per heavy atom. The third-order valence-corrected chi connectivity index (χ3v) is 2.84. The molecule has 0 radical (unpaired) electrons. The minimum atomic E-state index is -0.885. The number of hydrogen-bond donors (Lipinski definition) is 2. The topological polar surface area (TPSA) is 71.1 Å². The summed E-state index contributed by atoms with van der Waals surface area (Å²) in [6, 6.07) is 3.47. The molecule has 1 amide bonds. The van der Waals surface area contributed by atoms with Crippen molar-refractivity contribution < 1.29 is 9.00 Å². The number of aromatic nitrogens is 1. The molecule has 17 heavy (non-hydrogen) atoms. The van der Waals surface area contributed by atoms with Gasteiger partial charge in [0.25, 0.3) is 5.91 Å². The number of amides is 1. The zero-order valence-electron chi connectivity index (χ0n) is 10.0. The van der Waals surface area contributed by atoms with Gasteiger partial charge in [-0.1, -0.05) is 0 Å². The zero-order chi connectivity index (χ0) is 12.7. The summed E-state index contributed by atoms with van der Waals surface area (Å²) in [7, 11) is -0.885. The fourth-order valence-corrected chi connectivity index (χ4v) is 1.61. The van der Waals surface area contributed by atoms with Crippen LogP contribution in [0.1, 0.15) is 17.3 Å². The fourth-order valence-electron chi connectivity index (χ4n) is 1.22. The van der Waals surface area contributed by atoms with Crippen LogP contribution in [0.2, 0.25) is 0 Å². The molecule has 0 saturated carbocycles. The summed E-state index contributed by atoms with van der Waals surface area (Å²) >= 11 is 0. The average molecular weight is 255 g/mol. The predicted octanol–water partition coefficient (Wildman–Crippen LogP) is 0.622. The molecule has 0 aliphatic heterocycles. The van der Waals surface area contributed by atoms with Crippen LogP contribution in [0.4, 0.5) is 5.82 Å². The van der Waals surface area contributed by atoms with Crippen molar-refractivity contribution in [3.8, 4) is 0 Å². The summed E-state index contributed by atoms with van der Waals surface area (Å²) in [6.07, 6.45) is 3.13. The van der Waals surface area contributed by atoms with Gasteiger partial charge in [-0.2, -0.15) is 0 Å². The van der Waals surface area contributed by atoms with Crippen LogP contribution in [-0.4, -0.2) is 40.2 Å². The monoisotopic (exact) mass is 255 g/mol. The van der Waals surface area contributed by atoms with Crippen molar-refractivity contribution in [3.05, 3.63) is 23.9 Å². The first kappa shape index (κ1) is 13.6. The molecule has 1 rings (SSSR count). The van der Waals surface area contributed by atoms with Gasteiger partial charge in [0.2, 0.25) is 0 Å². The highest BCUT2D eigenvalue weighted by Crippen LogP contribution is 2.04. The van der Waals surface area contributed by atoms with Crippen molar-refractivity contribution in [3.63, 3.8) is 0 Å². The number of rotatable bonds is 6. The van der Waals surface area contributed by atoms with Gasteiger partial charge in [0.05, 0.1) is 5.56 Å². The molecule has 0 aliphatic rings. The van der Waals surface area contributed by atoms with Crippen molar-refractivity contribution in [1.82, 2.24) is 10.3 Å². The average Bonchev–Trinajstić information content (AvgIpc) is 2.30. The number of hydrogen-bond acceptors (Lipinski definition) is 4. The van der Waals surface area contributed by atoms with E-state index in [0.717, 1.165) is 12.4 Å². The second kappa shape index (κ2) is 7.01. The first-order chi connectivity index (χ1) is 8.13. The highest BCUT2D eigenvalue weighted by Gasteiger charge is 2.05. The molecule has 0 spiro atoms. The number of nitrogens with zero attached hydrogens (tertiary/aromatic N) is 1. The summed E-state index contributed by atoms with van der Waals surface area (Å²) in [5.41, 5.74) is 0.508. The number of carbonyl (C=O) groups excluding carboxylic acids is 1. The van der Waals surface area contributed by atoms with Crippen molar-refractivity contribution in [2.75, 3.05) is 30.4 Å². The summed E-state index contributed by atoms with van der Waals surface area (Å²) in [5.74, 6) is 1.03. The zero-order valence-corrected chi connectivity index (χ0v) is 10.8. The second-order valence-corrected chi connectivity index (χ2v) is 5.05. The first-order valence-electron chi connectivity index (χ1n) is 5.41. The van der Waals surface area contributed by atoms with E-state index in [-0.39, 0.29) is 5.91 Å². The molecule has 5 nitrogen and oxygen atoms in total. The Morgan fingerprint density at radius 2 is 2.24 bits per heavy atom. The van der Waals surface area contributed by atoms with E-state index in [9.17, 15) is 9.00 Å². The molecule has 0 bridgehead atoms. The maximum Gasteiger partial charge on any atom is 0.252 e. The Kier molecular flexibility index (Phi) is 5.62. The SMILES string of the molecule is CCNc1ccc(C(=O)NCCS(C)=O)cn1. The molecule has 0 aliphatic carbocycles. The number of nitrogens with one attached hydrogen (secondary N) is 2. The van der Waals surface area contributed by atoms with Crippen LogP contribution < -0.4 is 10.6 Å². The normalized spacial score (nSPS) is 11.9. The van der Waals surface area contributed by atoms with Crippen LogP contribution in [0, 0.1) is 0 Å².